The molecular weight excluding hydrogens is 358 g/mol. The van der Waals surface area contributed by atoms with Crippen LogP contribution < -0.4 is 5.32 Å². The maximum absolute atomic E-state index is 12.6. The molecule has 0 atom stereocenters. The van der Waals surface area contributed by atoms with Crippen molar-refractivity contribution in [2.75, 3.05) is 11.9 Å². The van der Waals surface area contributed by atoms with Gasteiger partial charge < -0.3 is 10.1 Å². The number of hydrogen-bond donors (Lipinski definition) is 1. The van der Waals surface area contributed by atoms with Gasteiger partial charge in [-0.15, -0.1) is 11.3 Å². The molecule has 0 saturated carbocycles. The Balaban J connectivity index is 1.86. The molecule has 0 unspecified atom stereocenters. The van der Waals surface area contributed by atoms with E-state index in [1.54, 1.807) is 25.1 Å². The first kappa shape index (κ1) is 18.9. The molecule has 1 amide bonds. The van der Waals surface area contributed by atoms with Crippen molar-refractivity contribution in [2.45, 2.75) is 20.3 Å². The summed E-state index contributed by atoms with van der Waals surface area (Å²) in [6, 6.07) is 19.1. The van der Waals surface area contributed by atoms with Crippen molar-refractivity contribution >= 4 is 28.2 Å². The van der Waals surface area contributed by atoms with Gasteiger partial charge in [0.2, 0.25) is 0 Å². The normalized spacial score (nSPS) is 10.4. The van der Waals surface area contributed by atoms with E-state index in [9.17, 15) is 9.59 Å². The van der Waals surface area contributed by atoms with E-state index in [1.807, 2.05) is 49.4 Å². The number of carbonyl (C=O) groups is 2. The molecule has 27 heavy (non-hydrogen) atoms. The van der Waals surface area contributed by atoms with Gasteiger partial charge in [0.05, 0.1) is 12.2 Å². The van der Waals surface area contributed by atoms with E-state index in [2.05, 4.69) is 5.32 Å². The van der Waals surface area contributed by atoms with Crippen LogP contribution in [0.25, 0.3) is 0 Å². The summed E-state index contributed by atoms with van der Waals surface area (Å²) in [7, 11) is 0. The molecule has 3 rings (SSSR count). The minimum absolute atomic E-state index is 0.242. The number of nitrogens with one attached hydrogen (secondary N) is 1. The molecule has 0 fully saturated rings. The highest BCUT2D eigenvalue weighted by molar-refractivity contribution is 7.16. The molecule has 0 bridgehead atoms. The van der Waals surface area contributed by atoms with E-state index in [0.717, 1.165) is 16.0 Å². The molecule has 0 spiro atoms. The van der Waals surface area contributed by atoms with Gasteiger partial charge in [0.1, 0.15) is 5.00 Å². The summed E-state index contributed by atoms with van der Waals surface area (Å²) in [6.07, 6.45) is 0.693. The zero-order valence-corrected chi connectivity index (χ0v) is 16.1. The average Bonchev–Trinajstić information content (AvgIpc) is 3.05. The molecule has 1 heterocycles. The van der Waals surface area contributed by atoms with Gasteiger partial charge in [-0.1, -0.05) is 48.0 Å². The predicted molar refractivity (Wildman–Crippen MR) is 109 cm³/mol. The number of benzene rings is 2. The van der Waals surface area contributed by atoms with Crippen LogP contribution in [0.2, 0.25) is 0 Å². The Morgan fingerprint density at radius 1 is 1.04 bits per heavy atom. The topological polar surface area (TPSA) is 55.4 Å². The number of aryl methyl sites for hydroxylation is 1. The SMILES string of the molecule is CCOC(=O)c1cc(Cc2ccccc2)sc1NC(=O)c1ccc(C)cc1. The molecule has 1 aromatic heterocycles. The van der Waals surface area contributed by atoms with Gasteiger partial charge in [0, 0.05) is 16.9 Å². The van der Waals surface area contributed by atoms with Crippen molar-refractivity contribution in [3.63, 3.8) is 0 Å². The van der Waals surface area contributed by atoms with Crippen LogP contribution >= 0.6 is 11.3 Å². The number of carbonyl (C=O) groups excluding carboxylic acids is 2. The monoisotopic (exact) mass is 379 g/mol. The number of anilines is 1. The van der Waals surface area contributed by atoms with Crippen molar-refractivity contribution in [3.8, 4) is 0 Å². The van der Waals surface area contributed by atoms with Crippen molar-refractivity contribution in [1.29, 1.82) is 0 Å². The lowest BCUT2D eigenvalue weighted by molar-refractivity contribution is 0.0528. The Labute approximate surface area is 162 Å². The van der Waals surface area contributed by atoms with Crippen LogP contribution in [-0.4, -0.2) is 18.5 Å². The highest BCUT2D eigenvalue weighted by Gasteiger charge is 2.19. The Morgan fingerprint density at radius 3 is 2.41 bits per heavy atom. The van der Waals surface area contributed by atoms with Crippen molar-refractivity contribution in [3.05, 3.63) is 87.8 Å². The summed E-state index contributed by atoms with van der Waals surface area (Å²) in [4.78, 5) is 25.9. The van der Waals surface area contributed by atoms with Crippen LogP contribution in [0.3, 0.4) is 0 Å². The van der Waals surface area contributed by atoms with Crippen LogP contribution in [0, 0.1) is 6.92 Å². The lowest BCUT2D eigenvalue weighted by Crippen LogP contribution is -2.14. The number of thiophene rings is 1. The fourth-order valence-corrected chi connectivity index (χ4v) is 3.73. The lowest BCUT2D eigenvalue weighted by atomic mass is 10.1. The third-order valence-corrected chi connectivity index (χ3v) is 5.09. The van der Waals surface area contributed by atoms with E-state index >= 15 is 0 Å². The van der Waals surface area contributed by atoms with E-state index in [1.165, 1.54) is 11.3 Å². The molecular formula is C22H21NO3S. The van der Waals surface area contributed by atoms with Gasteiger partial charge in [-0.2, -0.15) is 0 Å². The smallest absolute Gasteiger partial charge is 0.341 e. The predicted octanol–water partition coefficient (Wildman–Crippen LogP) is 5.08. The van der Waals surface area contributed by atoms with Gasteiger partial charge >= 0.3 is 5.97 Å². The molecule has 0 saturated heterocycles. The van der Waals surface area contributed by atoms with E-state index in [0.29, 0.717) is 22.5 Å². The van der Waals surface area contributed by atoms with Crippen LogP contribution in [-0.2, 0) is 11.2 Å². The number of hydrogen-bond acceptors (Lipinski definition) is 4. The Morgan fingerprint density at radius 2 is 1.74 bits per heavy atom. The van der Waals surface area contributed by atoms with Crippen molar-refractivity contribution < 1.29 is 14.3 Å². The molecule has 5 heteroatoms. The second-order valence-corrected chi connectivity index (χ2v) is 7.30. The first-order chi connectivity index (χ1) is 13.1. The summed E-state index contributed by atoms with van der Waals surface area (Å²) in [6.45, 7) is 4.02. The Bertz CT molecular complexity index is 930. The van der Waals surface area contributed by atoms with Gasteiger partial charge in [-0.3, -0.25) is 4.79 Å². The molecule has 3 aromatic rings. The van der Waals surface area contributed by atoms with Gasteiger partial charge in [-0.05, 0) is 37.6 Å². The number of rotatable bonds is 6. The number of esters is 1. The fraction of sp³-hybridized carbons (Fsp3) is 0.182. The maximum Gasteiger partial charge on any atom is 0.341 e. The molecule has 138 valence electrons. The molecule has 0 radical (unpaired) electrons. The zero-order valence-electron chi connectivity index (χ0n) is 15.3. The second-order valence-electron chi connectivity index (χ2n) is 6.16. The average molecular weight is 379 g/mol. The molecule has 0 aliphatic heterocycles. The van der Waals surface area contributed by atoms with Crippen LogP contribution in [0.5, 0.6) is 0 Å². The molecule has 0 aliphatic carbocycles. The van der Waals surface area contributed by atoms with Gasteiger partial charge in [-0.25, -0.2) is 4.79 Å². The van der Waals surface area contributed by atoms with Gasteiger partial charge in [0.25, 0.3) is 5.91 Å². The third kappa shape index (κ3) is 4.83. The largest absolute Gasteiger partial charge is 0.462 e. The lowest BCUT2D eigenvalue weighted by Gasteiger charge is -2.06. The van der Waals surface area contributed by atoms with Crippen molar-refractivity contribution in [1.82, 2.24) is 0 Å². The van der Waals surface area contributed by atoms with Crippen LogP contribution in [0.4, 0.5) is 5.00 Å². The highest BCUT2D eigenvalue weighted by atomic mass is 32.1. The highest BCUT2D eigenvalue weighted by Crippen LogP contribution is 2.31. The van der Waals surface area contributed by atoms with E-state index < -0.39 is 5.97 Å². The first-order valence-corrected chi connectivity index (χ1v) is 9.60. The fourth-order valence-electron chi connectivity index (χ4n) is 2.66. The summed E-state index contributed by atoms with van der Waals surface area (Å²) in [5.74, 6) is -0.666. The summed E-state index contributed by atoms with van der Waals surface area (Å²) < 4.78 is 5.15. The number of amides is 1. The summed E-state index contributed by atoms with van der Waals surface area (Å²) in [5, 5.41) is 3.39. The van der Waals surface area contributed by atoms with Crippen LogP contribution in [0.1, 0.15) is 43.6 Å². The minimum Gasteiger partial charge on any atom is -0.462 e. The zero-order chi connectivity index (χ0) is 19.2. The Kier molecular flexibility index (Phi) is 6.04. The Hall–Kier alpha value is -2.92. The maximum atomic E-state index is 12.6. The molecule has 4 nitrogen and oxygen atoms in total. The third-order valence-electron chi connectivity index (χ3n) is 4.04. The summed E-state index contributed by atoms with van der Waals surface area (Å²) in [5.41, 5.74) is 3.17. The van der Waals surface area contributed by atoms with Gasteiger partial charge in [0.15, 0.2) is 0 Å². The summed E-state index contributed by atoms with van der Waals surface area (Å²) >= 11 is 1.40. The first-order valence-electron chi connectivity index (χ1n) is 8.78. The molecule has 2 aromatic carbocycles. The van der Waals surface area contributed by atoms with E-state index in [4.69, 9.17) is 4.74 Å². The van der Waals surface area contributed by atoms with E-state index in [-0.39, 0.29) is 12.5 Å². The standard InChI is InChI=1S/C22H21NO3S/c1-3-26-22(25)19-14-18(13-16-7-5-4-6-8-16)27-21(19)23-20(24)17-11-9-15(2)10-12-17/h4-12,14H,3,13H2,1-2H3,(H,23,24). The second kappa shape index (κ2) is 8.64. The van der Waals surface area contributed by atoms with Crippen LogP contribution in [0.15, 0.2) is 60.7 Å². The van der Waals surface area contributed by atoms with Crippen molar-refractivity contribution in [2.24, 2.45) is 0 Å². The minimum atomic E-state index is -0.424. The molecule has 0 aliphatic rings. The molecule has 1 N–H and O–H groups in total. The number of ether oxygens (including phenoxy) is 1. The quantitative estimate of drug-likeness (QED) is 0.608.